The molecule has 0 aromatic carbocycles. The second-order valence-electron chi connectivity index (χ2n) is 7.21. The average molecular weight is 411 g/mol. The highest BCUT2D eigenvalue weighted by atomic mass is 16.6. The van der Waals surface area contributed by atoms with Crippen LogP contribution in [0, 0.1) is 0 Å². The lowest BCUT2D eigenvalue weighted by Crippen LogP contribution is -2.37. The van der Waals surface area contributed by atoms with Gasteiger partial charge in [-0.2, -0.15) is 0 Å². The van der Waals surface area contributed by atoms with Gasteiger partial charge in [-0.15, -0.1) is 0 Å². The molecule has 0 radical (unpaired) electrons. The van der Waals surface area contributed by atoms with Gasteiger partial charge in [0.25, 0.3) is 0 Å². The molecule has 8 nitrogen and oxygen atoms in total. The Hall–Kier alpha value is -2.22. The monoisotopic (exact) mass is 411 g/mol. The van der Waals surface area contributed by atoms with Crippen molar-refractivity contribution in [3.63, 3.8) is 0 Å². The summed E-state index contributed by atoms with van der Waals surface area (Å²) in [6.07, 6.45) is 6.26. The number of hydrogen-bond acceptors (Lipinski definition) is 8. The second kappa shape index (κ2) is 13.9. The molecule has 1 unspecified atom stereocenters. The molecule has 0 spiro atoms. The molecule has 2 atom stereocenters. The molecule has 1 fully saturated rings. The first kappa shape index (κ1) is 24.8. The highest BCUT2D eigenvalue weighted by Gasteiger charge is 2.29. The van der Waals surface area contributed by atoms with Crippen LogP contribution in [0.15, 0.2) is 12.2 Å². The third-order valence-electron chi connectivity index (χ3n) is 4.57. The molecule has 1 aliphatic rings. The third kappa shape index (κ3) is 10.2. The second-order valence-corrected chi connectivity index (χ2v) is 7.21. The molecule has 8 heteroatoms. The molecule has 1 aliphatic heterocycles. The Morgan fingerprint density at radius 2 is 1.79 bits per heavy atom. The quantitative estimate of drug-likeness (QED) is 0.162. The minimum absolute atomic E-state index is 0.124. The van der Waals surface area contributed by atoms with E-state index in [2.05, 4.69) is 18.8 Å². The van der Waals surface area contributed by atoms with Gasteiger partial charge in [0, 0.05) is 5.57 Å². The molecule has 0 aromatic heterocycles. The molecule has 0 amide bonds. The highest BCUT2D eigenvalue weighted by molar-refractivity contribution is 5.96. The van der Waals surface area contributed by atoms with Crippen LogP contribution in [0.3, 0.4) is 0 Å². The number of rotatable bonds is 13. The van der Waals surface area contributed by atoms with E-state index in [4.69, 9.17) is 14.2 Å². The van der Waals surface area contributed by atoms with Crippen molar-refractivity contribution in [2.75, 3.05) is 13.2 Å². The maximum atomic E-state index is 12.0. The zero-order valence-corrected chi connectivity index (χ0v) is 17.5. The SMILES string of the molecule is C=C(CC(=O)OCCCCCCCC)C(=O)OC(C)C(=O)OC(=O)[C@@H]1CCCN1. The van der Waals surface area contributed by atoms with Crippen molar-refractivity contribution in [2.45, 2.75) is 83.8 Å². The first-order valence-corrected chi connectivity index (χ1v) is 10.4. The van der Waals surface area contributed by atoms with Crippen LogP contribution in [0.2, 0.25) is 0 Å². The van der Waals surface area contributed by atoms with Gasteiger partial charge in [0.15, 0.2) is 6.10 Å². The van der Waals surface area contributed by atoms with E-state index in [9.17, 15) is 19.2 Å². The van der Waals surface area contributed by atoms with Crippen LogP contribution in [0.1, 0.15) is 71.6 Å². The van der Waals surface area contributed by atoms with E-state index in [1.807, 2.05) is 0 Å². The van der Waals surface area contributed by atoms with Crippen molar-refractivity contribution in [3.05, 3.63) is 12.2 Å². The van der Waals surface area contributed by atoms with Crippen LogP contribution in [-0.4, -0.2) is 49.2 Å². The van der Waals surface area contributed by atoms with Crippen LogP contribution in [-0.2, 0) is 33.4 Å². The standard InChI is InChI=1S/C21H33NO7/c1-4-5-6-7-8-9-13-27-18(23)14-15(2)19(24)28-16(3)20(25)29-21(26)17-11-10-12-22-17/h16-17,22H,2,4-14H2,1,3H3/t16?,17-/m0/s1. The molecule has 1 heterocycles. The van der Waals surface area contributed by atoms with Gasteiger partial charge in [-0.25, -0.2) is 14.4 Å². The summed E-state index contributed by atoms with van der Waals surface area (Å²) in [4.78, 5) is 47.4. The van der Waals surface area contributed by atoms with Gasteiger partial charge in [0.05, 0.1) is 13.0 Å². The Labute approximate surface area is 172 Å². The van der Waals surface area contributed by atoms with Crippen molar-refractivity contribution in [3.8, 4) is 0 Å². The van der Waals surface area contributed by atoms with E-state index in [0.29, 0.717) is 19.6 Å². The van der Waals surface area contributed by atoms with Crippen molar-refractivity contribution < 1.29 is 33.4 Å². The van der Waals surface area contributed by atoms with E-state index < -0.39 is 36.0 Å². The lowest BCUT2D eigenvalue weighted by Gasteiger charge is -2.14. The molecule has 0 saturated carbocycles. The summed E-state index contributed by atoms with van der Waals surface area (Å²) in [5.41, 5.74) is -0.124. The van der Waals surface area contributed by atoms with Crippen molar-refractivity contribution in [2.24, 2.45) is 0 Å². The zero-order valence-electron chi connectivity index (χ0n) is 17.5. The summed E-state index contributed by atoms with van der Waals surface area (Å²) in [6.45, 7) is 7.93. The molecule has 29 heavy (non-hydrogen) atoms. The van der Waals surface area contributed by atoms with Crippen LogP contribution >= 0.6 is 0 Å². The first-order valence-electron chi connectivity index (χ1n) is 10.4. The molecular formula is C21H33NO7. The number of esters is 4. The topological polar surface area (TPSA) is 108 Å². The van der Waals surface area contributed by atoms with Crippen molar-refractivity contribution in [1.82, 2.24) is 5.32 Å². The molecule has 1 saturated heterocycles. The van der Waals surface area contributed by atoms with Gasteiger partial charge in [-0.1, -0.05) is 45.6 Å². The van der Waals surface area contributed by atoms with Gasteiger partial charge in [-0.3, -0.25) is 4.79 Å². The molecular weight excluding hydrogens is 378 g/mol. The van der Waals surface area contributed by atoms with E-state index in [1.54, 1.807) is 0 Å². The Bertz CT molecular complexity index is 582. The maximum absolute atomic E-state index is 12.0. The molecule has 1 rings (SSSR count). The third-order valence-corrected chi connectivity index (χ3v) is 4.57. The summed E-state index contributed by atoms with van der Waals surface area (Å²) in [5, 5.41) is 2.91. The summed E-state index contributed by atoms with van der Waals surface area (Å²) in [7, 11) is 0. The Kier molecular flexibility index (Phi) is 11.9. The fraction of sp³-hybridized carbons (Fsp3) is 0.714. The summed E-state index contributed by atoms with van der Waals surface area (Å²) in [6, 6.07) is -0.516. The van der Waals surface area contributed by atoms with E-state index in [1.165, 1.54) is 26.2 Å². The van der Waals surface area contributed by atoms with E-state index in [0.717, 1.165) is 25.7 Å². The maximum Gasteiger partial charge on any atom is 0.354 e. The molecule has 0 aliphatic carbocycles. The summed E-state index contributed by atoms with van der Waals surface area (Å²) in [5.74, 6) is -3.13. The minimum atomic E-state index is -1.29. The molecule has 1 N–H and O–H groups in total. The predicted molar refractivity (Wildman–Crippen MR) is 106 cm³/mol. The van der Waals surface area contributed by atoms with Crippen molar-refractivity contribution in [1.29, 1.82) is 0 Å². The fourth-order valence-electron chi connectivity index (χ4n) is 2.80. The highest BCUT2D eigenvalue weighted by Crippen LogP contribution is 2.10. The predicted octanol–water partition coefficient (Wildman–Crippen LogP) is 2.59. The minimum Gasteiger partial charge on any atom is -0.465 e. The molecule has 0 aromatic rings. The number of hydrogen-bond donors (Lipinski definition) is 1. The number of nitrogens with one attached hydrogen (secondary N) is 1. The Balaban J connectivity index is 2.22. The van der Waals surface area contributed by atoms with Gasteiger partial charge in [-0.05, 0) is 32.7 Å². The van der Waals surface area contributed by atoms with Gasteiger partial charge < -0.3 is 19.5 Å². The number of ether oxygens (including phenoxy) is 3. The van der Waals surface area contributed by atoms with Crippen LogP contribution in [0.5, 0.6) is 0 Å². The van der Waals surface area contributed by atoms with Crippen LogP contribution in [0.4, 0.5) is 0 Å². The lowest BCUT2D eigenvalue weighted by atomic mass is 10.1. The molecule has 164 valence electrons. The number of carbonyl (C=O) groups excluding carboxylic acids is 4. The number of unbranched alkanes of at least 4 members (excludes halogenated alkanes) is 5. The lowest BCUT2D eigenvalue weighted by molar-refractivity contribution is -0.172. The summed E-state index contributed by atoms with van der Waals surface area (Å²) < 4.78 is 14.7. The zero-order chi connectivity index (χ0) is 21.6. The smallest absolute Gasteiger partial charge is 0.354 e. The van der Waals surface area contributed by atoms with E-state index in [-0.39, 0.29) is 12.0 Å². The van der Waals surface area contributed by atoms with Gasteiger partial charge in [0.2, 0.25) is 0 Å². The average Bonchev–Trinajstić information content (AvgIpc) is 3.22. The fourth-order valence-corrected chi connectivity index (χ4v) is 2.80. The van der Waals surface area contributed by atoms with E-state index >= 15 is 0 Å². The van der Waals surface area contributed by atoms with Gasteiger partial charge >= 0.3 is 23.9 Å². The first-order chi connectivity index (χ1) is 13.8. The Morgan fingerprint density at radius 1 is 1.10 bits per heavy atom. The van der Waals surface area contributed by atoms with Crippen LogP contribution in [0.25, 0.3) is 0 Å². The van der Waals surface area contributed by atoms with Crippen molar-refractivity contribution >= 4 is 23.9 Å². The Morgan fingerprint density at radius 3 is 2.45 bits per heavy atom. The van der Waals surface area contributed by atoms with Crippen LogP contribution < -0.4 is 5.32 Å². The van der Waals surface area contributed by atoms with Gasteiger partial charge in [0.1, 0.15) is 6.04 Å². The summed E-state index contributed by atoms with van der Waals surface area (Å²) >= 11 is 0. The largest absolute Gasteiger partial charge is 0.465 e. The number of carbonyl (C=O) groups is 4. The molecule has 0 bridgehead atoms. The normalized spacial score (nSPS) is 16.7.